The van der Waals surface area contributed by atoms with Gasteiger partial charge in [0.1, 0.15) is 28.1 Å². The maximum absolute atomic E-state index is 13.3. The predicted molar refractivity (Wildman–Crippen MR) is 125 cm³/mol. The van der Waals surface area contributed by atoms with Gasteiger partial charge in [-0.25, -0.2) is 18.7 Å². The van der Waals surface area contributed by atoms with E-state index in [0.717, 1.165) is 45.8 Å². The van der Waals surface area contributed by atoms with E-state index in [1.807, 2.05) is 0 Å². The highest BCUT2D eigenvalue weighted by molar-refractivity contribution is 7.19. The minimum absolute atomic E-state index is 0.235. The van der Waals surface area contributed by atoms with Crippen LogP contribution in [0.4, 0.5) is 14.6 Å². The Bertz CT molecular complexity index is 1220. The van der Waals surface area contributed by atoms with Crippen LogP contribution >= 0.6 is 11.3 Å². The first-order chi connectivity index (χ1) is 15.7. The van der Waals surface area contributed by atoms with Crippen LogP contribution in [0, 0.1) is 11.6 Å². The standard InChI is InChI=1S/C25H24F2N4S/c26-18-9-5-16(6-10-18)13-28-15-22-30-24(29-14-17-7-11-19(27)12-8-17)23-20-3-1-2-4-21(20)32-25(23)31-22/h5-12,28H,1-4,13-15H2,(H,29,30,31). The number of rotatable bonds is 7. The monoisotopic (exact) mass is 450 g/mol. The number of hydrogen-bond acceptors (Lipinski definition) is 5. The molecule has 164 valence electrons. The van der Waals surface area contributed by atoms with E-state index in [1.165, 1.54) is 47.5 Å². The lowest BCUT2D eigenvalue weighted by Gasteiger charge is -2.14. The molecule has 7 heteroatoms. The van der Waals surface area contributed by atoms with Crippen molar-refractivity contribution in [2.75, 3.05) is 5.32 Å². The molecule has 0 aliphatic heterocycles. The number of thiophene rings is 1. The van der Waals surface area contributed by atoms with E-state index < -0.39 is 0 Å². The van der Waals surface area contributed by atoms with E-state index in [9.17, 15) is 8.78 Å². The molecule has 0 spiro atoms. The quantitative estimate of drug-likeness (QED) is 0.376. The number of halogens is 2. The summed E-state index contributed by atoms with van der Waals surface area (Å²) in [5.74, 6) is 1.10. The van der Waals surface area contributed by atoms with Crippen LogP contribution in [0.3, 0.4) is 0 Å². The Morgan fingerprint density at radius 3 is 2.16 bits per heavy atom. The lowest BCUT2D eigenvalue weighted by atomic mass is 9.97. The van der Waals surface area contributed by atoms with Crippen molar-refractivity contribution in [1.29, 1.82) is 0 Å². The first-order valence-electron chi connectivity index (χ1n) is 10.9. The van der Waals surface area contributed by atoms with Crippen molar-refractivity contribution in [3.63, 3.8) is 0 Å². The fourth-order valence-corrected chi connectivity index (χ4v) is 5.40. The van der Waals surface area contributed by atoms with Crippen molar-refractivity contribution in [2.45, 2.75) is 45.3 Å². The first-order valence-corrected chi connectivity index (χ1v) is 11.7. The number of aryl methyl sites for hydroxylation is 2. The Hall–Kier alpha value is -2.90. The molecule has 2 aromatic heterocycles. The molecule has 5 rings (SSSR count). The van der Waals surface area contributed by atoms with Gasteiger partial charge in [0.25, 0.3) is 0 Å². The third-order valence-corrected chi connectivity index (χ3v) is 6.95. The van der Waals surface area contributed by atoms with Crippen molar-refractivity contribution in [1.82, 2.24) is 15.3 Å². The van der Waals surface area contributed by atoms with Gasteiger partial charge in [-0.1, -0.05) is 24.3 Å². The Morgan fingerprint density at radius 2 is 1.44 bits per heavy atom. The summed E-state index contributed by atoms with van der Waals surface area (Å²) in [6.07, 6.45) is 4.58. The largest absolute Gasteiger partial charge is 0.365 e. The van der Waals surface area contributed by atoms with E-state index in [2.05, 4.69) is 10.6 Å². The number of nitrogens with zero attached hydrogens (tertiary/aromatic N) is 2. The summed E-state index contributed by atoms with van der Waals surface area (Å²) in [4.78, 5) is 12.1. The lowest BCUT2D eigenvalue weighted by molar-refractivity contribution is 0.623. The summed E-state index contributed by atoms with van der Waals surface area (Å²) in [7, 11) is 0. The Kier molecular flexibility index (Phi) is 6.10. The molecule has 4 aromatic rings. The summed E-state index contributed by atoms with van der Waals surface area (Å²) in [6.45, 7) is 1.70. The highest BCUT2D eigenvalue weighted by Crippen LogP contribution is 2.38. The number of aromatic nitrogens is 2. The number of nitrogens with one attached hydrogen (secondary N) is 2. The zero-order chi connectivity index (χ0) is 21.9. The predicted octanol–water partition coefficient (Wildman–Crippen LogP) is 5.75. The average Bonchev–Trinajstić information content (AvgIpc) is 3.18. The van der Waals surface area contributed by atoms with Crippen LogP contribution in [0.2, 0.25) is 0 Å². The molecular formula is C25H24F2N4S. The van der Waals surface area contributed by atoms with E-state index in [1.54, 1.807) is 35.6 Å². The van der Waals surface area contributed by atoms with Gasteiger partial charge in [0.05, 0.1) is 11.9 Å². The highest BCUT2D eigenvalue weighted by Gasteiger charge is 2.21. The second kappa shape index (κ2) is 9.30. The number of fused-ring (bicyclic) bond motifs is 3. The van der Waals surface area contributed by atoms with Crippen LogP contribution in [0.5, 0.6) is 0 Å². The SMILES string of the molecule is Fc1ccc(CNCc2nc(NCc3ccc(F)cc3)c3c4c(sc3n2)CCCC4)cc1. The Labute approximate surface area is 189 Å². The molecule has 2 heterocycles. The summed E-state index contributed by atoms with van der Waals surface area (Å²) >= 11 is 1.77. The molecule has 0 bridgehead atoms. The van der Waals surface area contributed by atoms with Crippen molar-refractivity contribution < 1.29 is 8.78 Å². The molecule has 0 unspecified atom stereocenters. The molecule has 2 aromatic carbocycles. The molecule has 1 aliphatic rings. The number of hydrogen-bond donors (Lipinski definition) is 2. The lowest BCUT2D eigenvalue weighted by Crippen LogP contribution is -2.16. The molecule has 4 nitrogen and oxygen atoms in total. The van der Waals surface area contributed by atoms with E-state index in [4.69, 9.17) is 9.97 Å². The van der Waals surface area contributed by atoms with Gasteiger partial charge in [-0.05, 0) is 66.6 Å². The van der Waals surface area contributed by atoms with E-state index >= 15 is 0 Å². The molecule has 1 aliphatic carbocycles. The van der Waals surface area contributed by atoms with E-state index in [0.29, 0.717) is 19.6 Å². The smallest absolute Gasteiger partial charge is 0.146 e. The van der Waals surface area contributed by atoms with Gasteiger partial charge in [-0.15, -0.1) is 11.3 Å². The third kappa shape index (κ3) is 4.64. The van der Waals surface area contributed by atoms with Gasteiger partial charge in [-0.2, -0.15) is 0 Å². The molecule has 0 radical (unpaired) electrons. The van der Waals surface area contributed by atoms with Crippen LogP contribution in [-0.4, -0.2) is 9.97 Å². The number of anilines is 1. The molecular weight excluding hydrogens is 426 g/mol. The normalized spacial score (nSPS) is 13.3. The van der Waals surface area contributed by atoms with Gasteiger partial charge in [0.2, 0.25) is 0 Å². The molecule has 0 fully saturated rings. The minimum Gasteiger partial charge on any atom is -0.365 e. The summed E-state index contributed by atoms with van der Waals surface area (Å²) in [5.41, 5.74) is 3.38. The summed E-state index contributed by atoms with van der Waals surface area (Å²) in [6, 6.07) is 13.0. The fourth-order valence-electron chi connectivity index (χ4n) is 4.12. The Balaban J connectivity index is 1.39. The second-order valence-electron chi connectivity index (χ2n) is 8.09. The zero-order valence-corrected chi connectivity index (χ0v) is 18.4. The molecule has 2 N–H and O–H groups in total. The summed E-state index contributed by atoms with van der Waals surface area (Å²) < 4.78 is 26.4. The van der Waals surface area contributed by atoms with E-state index in [-0.39, 0.29) is 11.6 Å². The van der Waals surface area contributed by atoms with Crippen LogP contribution in [0.25, 0.3) is 10.2 Å². The van der Waals surface area contributed by atoms with Crippen LogP contribution in [0.1, 0.15) is 40.2 Å². The van der Waals surface area contributed by atoms with Gasteiger partial charge < -0.3 is 10.6 Å². The molecule has 32 heavy (non-hydrogen) atoms. The van der Waals surface area contributed by atoms with Gasteiger partial charge >= 0.3 is 0 Å². The second-order valence-corrected chi connectivity index (χ2v) is 9.17. The van der Waals surface area contributed by atoms with Crippen molar-refractivity contribution in [3.8, 4) is 0 Å². The molecule has 0 atom stereocenters. The molecule has 0 saturated heterocycles. The van der Waals surface area contributed by atoms with Crippen molar-refractivity contribution in [3.05, 3.63) is 87.6 Å². The highest BCUT2D eigenvalue weighted by atomic mass is 32.1. The molecule has 0 amide bonds. The maximum atomic E-state index is 13.3. The summed E-state index contributed by atoms with van der Waals surface area (Å²) in [5, 5.41) is 7.97. The molecule has 0 saturated carbocycles. The third-order valence-electron chi connectivity index (χ3n) is 5.76. The topological polar surface area (TPSA) is 49.8 Å². The van der Waals surface area contributed by atoms with Crippen molar-refractivity contribution in [2.24, 2.45) is 0 Å². The van der Waals surface area contributed by atoms with Crippen LogP contribution in [-0.2, 0) is 32.5 Å². The fraction of sp³-hybridized carbons (Fsp3) is 0.280. The average molecular weight is 451 g/mol. The van der Waals surface area contributed by atoms with Crippen molar-refractivity contribution >= 4 is 27.4 Å². The van der Waals surface area contributed by atoms with Gasteiger partial charge in [0.15, 0.2) is 0 Å². The Morgan fingerprint density at radius 1 is 0.781 bits per heavy atom. The maximum Gasteiger partial charge on any atom is 0.146 e. The number of benzene rings is 2. The first kappa shape index (κ1) is 21.0. The van der Waals surface area contributed by atoms with Gasteiger partial charge in [0, 0.05) is 18.0 Å². The zero-order valence-electron chi connectivity index (χ0n) is 17.6. The van der Waals surface area contributed by atoms with Crippen LogP contribution in [0.15, 0.2) is 48.5 Å². The van der Waals surface area contributed by atoms with Crippen LogP contribution < -0.4 is 10.6 Å². The minimum atomic E-state index is -0.236. The van der Waals surface area contributed by atoms with Gasteiger partial charge in [-0.3, -0.25) is 0 Å².